The van der Waals surface area contributed by atoms with Gasteiger partial charge in [-0.05, 0) is 59.3 Å². The molecule has 2 heterocycles. The van der Waals surface area contributed by atoms with E-state index < -0.39 is 0 Å². The van der Waals surface area contributed by atoms with Crippen molar-refractivity contribution in [1.82, 2.24) is 9.88 Å². The predicted octanol–water partition coefficient (Wildman–Crippen LogP) is 5.90. The van der Waals surface area contributed by atoms with Crippen LogP contribution in [0.3, 0.4) is 0 Å². The van der Waals surface area contributed by atoms with E-state index in [-0.39, 0.29) is 17.9 Å². The third kappa shape index (κ3) is 4.65. The Morgan fingerprint density at radius 2 is 1.83 bits per heavy atom. The molecule has 4 aromatic rings. The molecule has 4 rings (SSSR count). The van der Waals surface area contributed by atoms with E-state index in [0.717, 1.165) is 12.8 Å². The minimum atomic E-state index is 0.0590. The van der Waals surface area contributed by atoms with Crippen molar-refractivity contribution in [2.45, 2.75) is 38.1 Å². The molecule has 1 amide bonds. The van der Waals surface area contributed by atoms with E-state index >= 15 is 0 Å². The van der Waals surface area contributed by atoms with Crippen molar-refractivity contribution in [3.05, 3.63) is 94.3 Å². The van der Waals surface area contributed by atoms with Crippen LogP contribution in [0.15, 0.2) is 77.6 Å². The Labute approximate surface area is 182 Å². The monoisotopic (exact) mass is 416 g/mol. The van der Waals surface area contributed by atoms with Crippen molar-refractivity contribution in [1.29, 1.82) is 0 Å². The maximum atomic E-state index is 13.0. The number of thiophene rings is 1. The first-order valence-electron chi connectivity index (χ1n) is 10.5. The SMILES string of the molecule is CC(CCc1ccccc1)NC(=O)CC(c1ccsc1)c1cn(C)c2ccccc12. The number of fused-ring (bicyclic) bond motifs is 1. The standard InChI is InChI=1S/C26H28N2OS/c1-19(12-13-20-8-4-3-5-9-20)27-26(29)16-23(21-14-15-30-18-21)24-17-28(2)25-11-7-6-10-22(24)25/h3-11,14-15,17-19,23H,12-13,16H2,1-2H3,(H,27,29). The van der Waals surface area contributed by atoms with Crippen LogP contribution in [0.25, 0.3) is 10.9 Å². The van der Waals surface area contributed by atoms with Crippen LogP contribution in [0.1, 0.15) is 42.4 Å². The lowest BCUT2D eigenvalue weighted by Crippen LogP contribution is -2.33. The maximum absolute atomic E-state index is 13.0. The Hall–Kier alpha value is -2.85. The third-order valence-electron chi connectivity index (χ3n) is 5.75. The lowest BCUT2D eigenvalue weighted by Gasteiger charge is -2.19. The molecule has 0 aliphatic rings. The first-order chi connectivity index (χ1) is 14.6. The van der Waals surface area contributed by atoms with E-state index in [1.165, 1.54) is 27.6 Å². The van der Waals surface area contributed by atoms with Gasteiger partial charge in [-0.1, -0.05) is 48.5 Å². The molecule has 2 unspecified atom stereocenters. The Morgan fingerprint density at radius 3 is 2.60 bits per heavy atom. The Bertz CT molecular complexity index is 1100. The molecular formula is C26H28N2OS. The molecule has 2 aromatic carbocycles. The van der Waals surface area contributed by atoms with Gasteiger partial charge in [-0.25, -0.2) is 0 Å². The van der Waals surface area contributed by atoms with Crippen molar-refractivity contribution in [3.63, 3.8) is 0 Å². The molecule has 30 heavy (non-hydrogen) atoms. The molecule has 0 saturated carbocycles. The number of aryl methyl sites for hydroxylation is 2. The van der Waals surface area contributed by atoms with Crippen LogP contribution < -0.4 is 5.32 Å². The first-order valence-corrected chi connectivity index (χ1v) is 11.5. The van der Waals surface area contributed by atoms with Gasteiger partial charge >= 0.3 is 0 Å². The zero-order chi connectivity index (χ0) is 20.9. The molecule has 3 nitrogen and oxygen atoms in total. The molecule has 1 N–H and O–H groups in total. The highest BCUT2D eigenvalue weighted by Gasteiger charge is 2.23. The lowest BCUT2D eigenvalue weighted by molar-refractivity contribution is -0.121. The number of hydrogen-bond donors (Lipinski definition) is 1. The smallest absolute Gasteiger partial charge is 0.221 e. The molecule has 0 saturated heterocycles. The molecule has 0 spiro atoms. The second-order valence-electron chi connectivity index (χ2n) is 8.02. The largest absolute Gasteiger partial charge is 0.354 e. The highest BCUT2D eigenvalue weighted by Crippen LogP contribution is 2.35. The number of hydrogen-bond acceptors (Lipinski definition) is 2. The van der Waals surface area contributed by atoms with Crippen LogP contribution in [0.5, 0.6) is 0 Å². The van der Waals surface area contributed by atoms with Gasteiger partial charge in [0.05, 0.1) is 0 Å². The summed E-state index contributed by atoms with van der Waals surface area (Å²) in [6.07, 6.45) is 4.55. The van der Waals surface area contributed by atoms with Crippen LogP contribution in [0, 0.1) is 0 Å². The van der Waals surface area contributed by atoms with Crippen molar-refractivity contribution < 1.29 is 4.79 Å². The van der Waals surface area contributed by atoms with E-state index in [0.29, 0.717) is 6.42 Å². The highest BCUT2D eigenvalue weighted by molar-refractivity contribution is 7.08. The number of carbonyl (C=O) groups is 1. The van der Waals surface area contributed by atoms with Gasteiger partial charge < -0.3 is 9.88 Å². The predicted molar refractivity (Wildman–Crippen MR) is 126 cm³/mol. The number of rotatable bonds is 8. The molecule has 2 atom stereocenters. The molecule has 0 radical (unpaired) electrons. The zero-order valence-electron chi connectivity index (χ0n) is 17.5. The summed E-state index contributed by atoms with van der Waals surface area (Å²) in [4.78, 5) is 13.0. The Kier molecular flexibility index (Phi) is 6.34. The number of benzene rings is 2. The summed E-state index contributed by atoms with van der Waals surface area (Å²) < 4.78 is 2.16. The van der Waals surface area contributed by atoms with Gasteiger partial charge in [0, 0.05) is 42.5 Å². The summed E-state index contributed by atoms with van der Waals surface area (Å²) in [5, 5.41) is 8.70. The molecule has 0 fully saturated rings. The summed E-state index contributed by atoms with van der Waals surface area (Å²) in [6.45, 7) is 2.10. The van der Waals surface area contributed by atoms with Crippen molar-refractivity contribution >= 4 is 28.1 Å². The van der Waals surface area contributed by atoms with Gasteiger partial charge in [0.15, 0.2) is 0 Å². The molecule has 4 heteroatoms. The number of aromatic nitrogens is 1. The van der Waals surface area contributed by atoms with E-state index in [4.69, 9.17) is 0 Å². The highest BCUT2D eigenvalue weighted by atomic mass is 32.1. The third-order valence-corrected chi connectivity index (χ3v) is 6.46. The lowest BCUT2D eigenvalue weighted by atomic mass is 9.89. The zero-order valence-corrected chi connectivity index (χ0v) is 18.4. The fraction of sp³-hybridized carbons (Fsp3) is 0.269. The molecular weight excluding hydrogens is 388 g/mol. The van der Waals surface area contributed by atoms with Crippen molar-refractivity contribution in [2.75, 3.05) is 0 Å². The maximum Gasteiger partial charge on any atom is 0.221 e. The number of carbonyl (C=O) groups excluding carboxylic acids is 1. The van der Waals surface area contributed by atoms with Crippen LogP contribution in [-0.4, -0.2) is 16.5 Å². The van der Waals surface area contributed by atoms with E-state index in [1.54, 1.807) is 11.3 Å². The van der Waals surface area contributed by atoms with Gasteiger partial charge in [0.1, 0.15) is 0 Å². The van der Waals surface area contributed by atoms with Crippen LogP contribution in [0.4, 0.5) is 0 Å². The topological polar surface area (TPSA) is 34.0 Å². The summed E-state index contributed by atoms with van der Waals surface area (Å²) in [7, 11) is 2.07. The van der Waals surface area contributed by atoms with Crippen LogP contribution >= 0.6 is 11.3 Å². The van der Waals surface area contributed by atoms with Crippen LogP contribution in [-0.2, 0) is 18.3 Å². The number of nitrogens with zero attached hydrogens (tertiary/aromatic N) is 1. The minimum absolute atomic E-state index is 0.0590. The van der Waals surface area contributed by atoms with E-state index in [2.05, 4.69) is 95.4 Å². The normalized spacial score (nSPS) is 13.3. The Balaban J connectivity index is 1.48. The molecule has 2 aromatic heterocycles. The first kappa shape index (κ1) is 20.4. The number of para-hydroxylation sites is 1. The molecule has 0 bridgehead atoms. The average Bonchev–Trinajstić information content (AvgIpc) is 3.40. The second-order valence-corrected chi connectivity index (χ2v) is 8.80. The van der Waals surface area contributed by atoms with Crippen molar-refractivity contribution in [2.24, 2.45) is 7.05 Å². The van der Waals surface area contributed by atoms with E-state index in [1.807, 2.05) is 6.07 Å². The molecule has 0 aliphatic heterocycles. The van der Waals surface area contributed by atoms with Crippen molar-refractivity contribution in [3.8, 4) is 0 Å². The number of nitrogens with one attached hydrogen (secondary N) is 1. The minimum Gasteiger partial charge on any atom is -0.354 e. The van der Waals surface area contributed by atoms with Gasteiger partial charge in [-0.3, -0.25) is 4.79 Å². The van der Waals surface area contributed by atoms with Gasteiger partial charge in [-0.2, -0.15) is 11.3 Å². The molecule has 0 aliphatic carbocycles. The average molecular weight is 417 g/mol. The summed E-state index contributed by atoms with van der Waals surface area (Å²) in [5.74, 6) is 0.170. The number of amides is 1. The molecule has 154 valence electrons. The van der Waals surface area contributed by atoms with Gasteiger partial charge in [0.25, 0.3) is 0 Å². The summed E-state index contributed by atoms with van der Waals surface area (Å²) in [6, 6.07) is 21.2. The fourth-order valence-corrected chi connectivity index (χ4v) is 4.86. The summed E-state index contributed by atoms with van der Waals surface area (Å²) >= 11 is 1.68. The van der Waals surface area contributed by atoms with Gasteiger partial charge in [0.2, 0.25) is 5.91 Å². The fourth-order valence-electron chi connectivity index (χ4n) is 4.15. The second kappa shape index (κ2) is 9.31. The summed E-state index contributed by atoms with van der Waals surface area (Å²) in [5.41, 5.74) is 4.94. The van der Waals surface area contributed by atoms with Gasteiger partial charge in [-0.15, -0.1) is 0 Å². The Morgan fingerprint density at radius 1 is 1.07 bits per heavy atom. The van der Waals surface area contributed by atoms with Crippen LogP contribution in [0.2, 0.25) is 0 Å². The quantitative estimate of drug-likeness (QED) is 0.381. The van der Waals surface area contributed by atoms with E-state index in [9.17, 15) is 4.79 Å².